The Kier molecular flexibility index (Phi) is 10.4. The molecule has 1 aliphatic heterocycles. The number of nitrogens with one attached hydrogen (secondary N) is 1. The van der Waals surface area contributed by atoms with E-state index >= 15 is 0 Å². The molecule has 1 aliphatic rings. The number of hydrogen-bond donors (Lipinski definition) is 1. The van der Waals surface area contributed by atoms with Crippen molar-refractivity contribution < 1.29 is 4.74 Å². The number of para-hydroxylation sites is 1. The highest BCUT2D eigenvalue weighted by Crippen LogP contribution is 2.25. The topological polar surface area (TPSA) is 40.1 Å². The van der Waals surface area contributed by atoms with Gasteiger partial charge in [0.2, 0.25) is 0 Å². The Morgan fingerprint density at radius 1 is 1.25 bits per heavy atom. The summed E-state index contributed by atoms with van der Waals surface area (Å²) in [6.45, 7) is 8.32. The summed E-state index contributed by atoms with van der Waals surface area (Å²) in [6, 6.07) is 8.04. The summed E-state index contributed by atoms with van der Waals surface area (Å²) >= 11 is 6.30. The standard InChI is InChI=1S/C17H27ClN4O.HI/c1-3-19-17(20-9-6-14-23-2)22-12-10-21(11-13-22)16-8-5-4-7-15(16)18;/h4-5,7-8H,3,6,9-14H2,1-2H3,(H,19,20);1H. The molecule has 1 saturated heterocycles. The predicted octanol–water partition coefficient (Wildman–Crippen LogP) is 3.08. The third-order valence-electron chi connectivity index (χ3n) is 3.88. The predicted molar refractivity (Wildman–Crippen MR) is 113 cm³/mol. The second-order valence-corrected chi connectivity index (χ2v) is 5.91. The van der Waals surface area contributed by atoms with E-state index in [0.717, 1.165) is 69.0 Å². The summed E-state index contributed by atoms with van der Waals surface area (Å²) in [5.74, 6) is 1.00. The quantitative estimate of drug-likeness (QED) is 0.303. The number of ether oxygens (including phenoxy) is 1. The highest BCUT2D eigenvalue weighted by Gasteiger charge is 2.20. The van der Waals surface area contributed by atoms with E-state index in [4.69, 9.17) is 21.3 Å². The molecule has 0 aromatic heterocycles. The Balaban J connectivity index is 0.00000288. The first kappa shape index (κ1) is 21.3. The van der Waals surface area contributed by atoms with Gasteiger partial charge < -0.3 is 19.9 Å². The van der Waals surface area contributed by atoms with E-state index in [1.54, 1.807) is 7.11 Å². The van der Waals surface area contributed by atoms with Gasteiger partial charge in [-0.1, -0.05) is 23.7 Å². The Morgan fingerprint density at radius 3 is 2.58 bits per heavy atom. The maximum Gasteiger partial charge on any atom is 0.194 e. The molecule has 0 amide bonds. The van der Waals surface area contributed by atoms with Gasteiger partial charge in [-0.15, -0.1) is 24.0 Å². The van der Waals surface area contributed by atoms with Crippen LogP contribution in [0.4, 0.5) is 5.69 Å². The molecule has 0 spiro atoms. The molecule has 1 aromatic carbocycles. The number of piperazine rings is 1. The number of halogens is 2. The minimum atomic E-state index is 0. The van der Waals surface area contributed by atoms with Gasteiger partial charge in [-0.25, -0.2) is 0 Å². The molecule has 1 aromatic rings. The average Bonchev–Trinajstić information content (AvgIpc) is 2.58. The SMILES string of the molecule is CCNC(=NCCCOC)N1CCN(c2ccccc2Cl)CC1.I. The Bertz CT molecular complexity index is 507. The molecule has 24 heavy (non-hydrogen) atoms. The minimum absolute atomic E-state index is 0. The first-order chi connectivity index (χ1) is 11.3. The summed E-state index contributed by atoms with van der Waals surface area (Å²) < 4.78 is 5.08. The van der Waals surface area contributed by atoms with Crippen LogP contribution in [-0.2, 0) is 4.74 Å². The Labute approximate surface area is 167 Å². The van der Waals surface area contributed by atoms with Gasteiger partial charge in [0.25, 0.3) is 0 Å². The van der Waals surface area contributed by atoms with E-state index in [1.807, 2.05) is 18.2 Å². The monoisotopic (exact) mass is 466 g/mol. The summed E-state index contributed by atoms with van der Waals surface area (Å²) in [6.07, 6.45) is 0.949. The van der Waals surface area contributed by atoms with Crippen molar-refractivity contribution in [3.63, 3.8) is 0 Å². The van der Waals surface area contributed by atoms with E-state index in [0.29, 0.717) is 0 Å². The van der Waals surface area contributed by atoms with Gasteiger partial charge in [0, 0.05) is 53.0 Å². The van der Waals surface area contributed by atoms with Gasteiger partial charge in [0.1, 0.15) is 0 Å². The third-order valence-corrected chi connectivity index (χ3v) is 4.19. The fourth-order valence-corrected chi connectivity index (χ4v) is 2.94. The van der Waals surface area contributed by atoms with Crippen molar-refractivity contribution >= 4 is 47.2 Å². The van der Waals surface area contributed by atoms with Gasteiger partial charge in [0.15, 0.2) is 5.96 Å². The highest BCUT2D eigenvalue weighted by molar-refractivity contribution is 14.0. The van der Waals surface area contributed by atoms with E-state index in [-0.39, 0.29) is 24.0 Å². The van der Waals surface area contributed by atoms with Crippen molar-refractivity contribution in [2.75, 3.05) is 57.9 Å². The second kappa shape index (κ2) is 11.8. The number of benzene rings is 1. The summed E-state index contributed by atoms with van der Waals surface area (Å²) in [5.41, 5.74) is 1.12. The van der Waals surface area contributed by atoms with Crippen molar-refractivity contribution in [1.29, 1.82) is 0 Å². The molecule has 1 heterocycles. The zero-order valence-electron chi connectivity index (χ0n) is 14.5. The second-order valence-electron chi connectivity index (χ2n) is 5.51. The minimum Gasteiger partial charge on any atom is -0.385 e. The van der Waals surface area contributed by atoms with Crippen LogP contribution >= 0.6 is 35.6 Å². The first-order valence-corrected chi connectivity index (χ1v) is 8.65. The normalized spacial score (nSPS) is 15.2. The van der Waals surface area contributed by atoms with Gasteiger partial charge >= 0.3 is 0 Å². The third kappa shape index (κ3) is 6.29. The number of hydrogen-bond acceptors (Lipinski definition) is 3. The van der Waals surface area contributed by atoms with Crippen LogP contribution < -0.4 is 10.2 Å². The highest BCUT2D eigenvalue weighted by atomic mass is 127. The molecule has 0 aliphatic carbocycles. The maximum atomic E-state index is 6.30. The summed E-state index contributed by atoms with van der Waals surface area (Å²) in [4.78, 5) is 9.36. The molecule has 0 radical (unpaired) electrons. The smallest absolute Gasteiger partial charge is 0.194 e. The van der Waals surface area contributed by atoms with Crippen LogP contribution in [0.25, 0.3) is 0 Å². The molecule has 136 valence electrons. The number of anilines is 1. The van der Waals surface area contributed by atoms with E-state index < -0.39 is 0 Å². The largest absolute Gasteiger partial charge is 0.385 e. The van der Waals surface area contributed by atoms with Gasteiger partial charge in [-0.2, -0.15) is 0 Å². The lowest BCUT2D eigenvalue weighted by atomic mass is 10.2. The van der Waals surface area contributed by atoms with Gasteiger partial charge in [-0.05, 0) is 25.5 Å². The molecule has 0 saturated carbocycles. The maximum absolute atomic E-state index is 6.30. The van der Waals surface area contributed by atoms with Crippen LogP contribution in [0.15, 0.2) is 29.3 Å². The molecule has 0 bridgehead atoms. The lowest BCUT2D eigenvalue weighted by molar-refractivity contribution is 0.197. The van der Waals surface area contributed by atoms with Crippen LogP contribution in [0, 0.1) is 0 Å². The number of guanidine groups is 1. The molecule has 1 N–H and O–H groups in total. The molecular weight excluding hydrogens is 439 g/mol. The summed E-state index contributed by atoms with van der Waals surface area (Å²) in [7, 11) is 1.73. The van der Waals surface area contributed by atoms with Crippen LogP contribution in [0.1, 0.15) is 13.3 Å². The average molecular weight is 467 g/mol. The molecule has 1 fully saturated rings. The fraction of sp³-hybridized carbons (Fsp3) is 0.588. The molecule has 2 rings (SSSR count). The summed E-state index contributed by atoms with van der Waals surface area (Å²) in [5, 5.41) is 4.21. The number of methoxy groups -OCH3 is 1. The number of nitrogens with zero attached hydrogens (tertiary/aromatic N) is 3. The lowest BCUT2D eigenvalue weighted by Crippen LogP contribution is -2.52. The van der Waals surface area contributed by atoms with Crippen molar-refractivity contribution in [3.8, 4) is 0 Å². The van der Waals surface area contributed by atoms with Gasteiger partial charge in [-0.3, -0.25) is 4.99 Å². The molecular formula is C17H28ClIN4O. The molecule has 0 unspecified atom stereocenters. The van der Waals surface area contributed by atoms with E-state index in [1.165, 1.54) is 0 Å². The Hall–Kier alpha value is -0.730. The van der Waals surface area contributed by atoms with Crippen molar-refractivity contribution in [2.45, 2.75) is 13.3 Å². The van der Waals surface area contributed by atoms with Crippen molar-refractivity contribution in [3.05, 3.63) is 29.3 Å². The number of rotatable bonds is 6. The Morgan fingerprint density at radius 2 is 1.96 bits per heavy atom. The first-order valence-electron chi connectivity index (χ1n) is 8.28. The van der Waals surface area contributed by atoms with Gasteiger partial charge in [0.05, 0.1) is 10.7 Å². The van der Waals surface area contributed by atoms with Crippen molar-refractivity contribution in [2.24, 2.45) is 4.99 Å². The van der Waals surface area contributed by atoms with E-state index in [9.17, 15) is 0 Å². The molecule has 0 atom stereocenters. The molecule has 7 heteroatoms. The van der Waals surface area contributed by atoms with Crippen LogP contribution in [0.2, 0.25) is 5.02 Å². The van der Waals surface area contributed by atoms with Crippen molar-refractivity contribution in [1.82, 2.24) is 10.2 Å². The fourth-order valence-electron chi connectivity index (χ4n) is 2.69. The van der Waals surface area contributed by atoms with Crippen LogP contribution in [0.5, 0.6) is 0 Å². The molecule has 5 nitrogen and oxygen atoms in total. The number of aliphatic imine (C=N–C) groups is 1. The van der Waals surface area contributed by atoms with Crippen LogP contribution in [-0.4, -0.2) is 63.8 Å². The van der Waals surface area contributed by atoms with E-state index in [2.05, 4.69) is 28.1 Å². The zero-order valence-corrected chi connectivity index (χ0v) is 17.6. The zero-order chi connectivity index (χ0) is 16.5. The van der Waals surface area contributed by atoms with Crippen LogP contribution in [0.3, 0.4) is 0 Å². The lowest BCUT2D eigenvalue weighted by Gasteiger charge is -2.38.